The van der Waals surface area contributed by atoms with E-state index >= 15 is 0 Å². The zero-order valence-corrected chi connectivity index (χ0v) is 10.9. The molecule has 2 rings (SSSR count). The van der Waals surface area contributed by atoms with Crippen molar-refractivity contribution in [2.75, 3.05) is 5.32 Å². The summed E-state index contributed by atoms with van der Waals surface area (Å²) in [6.45, 7) is 2.71. The Morgan fingerprint density at radius 3 is 2.53 bits per heavy atom. The molecule has 1 aromatic carbocycles. The first kappa shape index (κ1) is 13.1. The molecule has 0 aliphatic heterocycles. The monoisotopic (exact) mass is 259 g/mol. The van der Waals surface area contributed by atoms with Gasteiger partial charge in [-0.3, -0.25) is 13.9 Å². The fraction of sp³-hybridized carbons (Fsp3) is 0.286. The molecule has 0 aliphatic carbocycles. The third-order valence-electron chi connectivity index (χ3n) is 2.75. The third-order valence-corrected chi connectivity index (χ3v) is 2.75. The van der Waals surface area contributed by atoms with Gasteiger partial charge in [0.2, 0.25) is 5.91 Å². The van der Waals surface area contributed by atoms with Crippen molar-refractivity contribution in [3.05, 3.63) is 53.2 Å². The summed E-state index contributed by atoms with van der Waals surface area (Å²) in [5.74, 6) is -0.206. The first-order valence-corrected chi connectivity index (χ1v) is 6.31. The molecule has 0 bridgehead atoms. The van der Waals surface area contributed by atoms with Crippen molar-refractivity contribution < 1.29 is 4.79 Å². The number of rotatable bonds is 5. The molecule has 0 aliphatic rings. The first-order chi connectivity index (χ1) is 9.20. The highest BCUT2D eigenvalue weighted by Crippen LogP contribution is 2.04. The Morgan fingerprint density at radius 2 is 1.84 bits per heavy atom. The molecule has 5 nitrogen and oxygen atoms in total. The minimum Gasteiger partial charge on any atom is -0.325 e. The molecule has 5 heteroatoms. The smallest absolute Gasteiger partial charge is 0.325 e. The lowest BCUT2D eigenvalue weighted by Gasteiger charge is -2.05. The average Bonchev–Trinajstić information content (AvgIpc) is 2.73. The summed E-state index contributed by atoms with van der Waals surface area (Å²) in [6, 6.07) is 9.19. The van der Waals surface area contributed by atoms with Crippen LogP contribution in [0, 0.1) is 0 Å². The summed E-state index contributed by atoms with van der Waals surface area (Å²) in [6.07, 6.45) is 4.24. The van der Waals surface area contributed by atoms with Gasteiger partial charge in [0.25, 0.3) is 0 Å². The number of aromatic nitrogens is 2. The maximum absolute atomic E-state index is 11.9. The number of carbonyl (C=O) groups is 1. The van der Waals surface area contributed by atoms with Gasteiger partial charge in [-0.25, -0.2) is 4.79 Å². The maximum Gasteiger partial charge on any atom is 0.328 e. The molecule has 0 saturated carbocycles. The lowest BCUT2D eigenvalue weighted by Crippen LogP contribution is -2.29. The number of imidazole rings is 1. The molecule has 0 unspecified atom stereocenters. The van der Waals surface area contributed by atoms with Gasteiger partial charge in [0.15, 0.2) is 0 Å². The zero-order valence-electron chi connectivity index (χ0n) is 10.9. The minimum absolute atomic E-state index is 0.0322. The highest BCUT2D eigenvalue weighted by atomic mass is 16.2. The maximum atomic E-state index is 11.9. The average molecular weight is 259 g/mol. The number of nitrogens with zero attached hydrogens (tertiary/aromatic N) is 2. The van der Waals surface area contributed by atoms with Crippen LogP contribution in [0.4, 0.5) is 5.69 Å². The molecule has 1 amide bonds. The largest absolute Gasteiger partial charge is 0.328 e. The van der Waals surface area contributed by atoms with E-state index in [2.05, 4.69) is 5.32 Å². The lowest BCUT2D eigenvalue weighted by molar-refractivity contribution is -0.116. The lowest BCUT2D eigenvalue weighted by atomic mass is 10.3. The molecule has 0 saturated heterocycles. The normalized spacial score (nSPS) is 10.4. The Hall–Kier alpha value is -2.30. The van der Waals surface area contributed by atoms with Crippen LogP contribution in [0.25, 0.3) is 0 Å². The molecule has 2 aromatic rings. The van der Waals surface area contributed by atoms with Gasteiger partial charge in [0.1, 0.15) is 6.54 Å². The number of anilines is 1. The Kier molecular flexibility index (Phi) is 4.18. The van der Waals surface area contributed by atoms with Crippen LogP contribution in [0.2, 0.25) is 0 Å². The number of hydrogen-bond donors (Lipinski definition) is 1. The van der Waals surface area contributed by atoms with E-state index in [1.165, 1.54) is 4.57 Å². The van der Waals surface area contributed by atoms with Gasteiger partial charge in [-0.1, -0.05) is 25.1 Å². The molecule has 1 aromatic heterocycles. The molecule has 100 valence electrons. The number of nitrogens with one attached hydrogen (secondary N) is 1. The summed E-state index contributed by atoms with van der Waals surface area (Å²) >= 11 is 0. The standard InChI is InChI=1S/C14H17N3O2/c1-2-8-16-9-10-17(14(16)19)11-13(18)15-12-6-4-3-5-7-12/h3-7,9-10H,2,8,11H2,1H3,(H,15,18). The second kappa shape index (κ2) is 6.04. The summed E-state index contributed by atoms with van der Waals surface area (Å²) < 4.78 is 3.02. The highest BCUT2D eigenvalue weighted by Gasteiger charge is 2.07. The molecular weight excluding hydrogens is 242 g/mol. The van der Waals surface area contributed by atoms with Gasteiger partial charge in [0.05, 0.1) is 0 Å². The van der Waals surface area contributed by atoms with Crippen LogP contribution in [0.5, 0.6) is 0 Å². The van der Waals surface area contributed by atoms with Gasteiger partial charge in [-0.2, -0.15) is 0 Å². The number of para-hydroxylation sites is 1. The van der Waals surface area contributed by atoms with Crippen molar-refractivity contribution in [2.24, 2.45) is 0 Å². The predicted octanol–water partition coefficient (Wildman–Crippen LogP) is 1.70. The Bertz CT molecular complexity index is 599. The van der Waals surface area contributed by atoms with Gasteiger partial charge in [0, 0.05) is 24.6 Å². The molecule has 0 radical (unpaired) electrons. The molecule has 1 heterocycles. The van der Waals surface area contributed by atoms with Crippen LogP contribution < -0.4 is 11.0 Å². The SMILES string of the molecule is CCCn1ccn(CC(=O)Nc2ccccc2)c1=O. The number of benzene rings is 1. The van der Waals surface area contributed by atoms with Crippen molar-refractivity contribution in [3.63, 3.8) is 0 Å². The number of hydrogen-bond acceptors (Lipinski definition) is 2. The Morgan fingerprint density at radius 1 is 1.16 bits per heavy atom. The molecule has 19 heavy (non-hydrogen) atoms. The quantitative estimate of drug-likeness (QED) is 0.888. The third kappa shape index (κ3) is 3.34. The van der Waals surface area contributed by atoms with E-state index in [9.17, 15) is 9.59 Å². The molecule has 0 fully saturated rings. The molecule has 1 N–H and O–H groups in total. The van der Waals surface area contributed by atoms with Gasteiger partial charge in [-0.15, -0.1) is 0 Å². The van der Waals surface area contributed by atoms with Gasteiger partial charge < -0.3 is 5.32 Å². The van der Waals surface area contributed by atoms with E-state index in [0.29, 0.717) is 6.54 Å². The van der Waals surface area contributed by atoms with Crippen LogP contribution in [0.1, 0.15) is 13.3 Å². The topological polar surface area (TPSA) is 56.0 Å². The van der Waals surface area contributed by atoms with E-state index in [4.69, 9.17) is 0 Å². The van der Waals surface area contributed by atoms with Crippen LogP contribution in [0.3, 0.4) is 0 Å². The van der Waals surface area contributed by atoms with E-state index in [-0.39, 0.29) is 18.1 Å². The Labute approximate surface area is 111 Å². The molecular formula is C14H17N3O2. The van der Waals surface area contributed by atoms with Crippen LogP contribution in [-0.4, -0.2) is 15.0 Å². The van der Waals surface area contributed by atoms with E-state index in [1.54, 1.807) is 17.0 Å². The van der Waals surface area contributed by atoms with Crippen molar-refractivity contribution in [3.8, 4) is 0 Å². The van der Waals surface area contributed by atoms with E-state index in [0.717, 1.165) is 12.1 Å². The molecule has 0 atom stereocenters. The van der Waals surface area contributed by atoms with E-state index < -0.39 is 0 Å². The highest BCUT2D eigenvalue weighted by molar-refractivity contribution is 5.90. The van der Waals surface area contributed by atoms with Crippen molar-refractivity contribution in [1.29, 1.82) is 0 Å². The van der Waals surface area contributed by atoms with Crippen LogP contribution >= 0.6 is 0 Å². The summed E-state index contributed by atoms with van der Waals surface area (Å²) in [7, 11) is 0. The molecule has 0 spiro atoms. The van der Waals surface area contributed by atoms with Crippen LogP contribution in [-0.2, 0) is 17.9 Å². The number of aryl methyl sites for hydroxylation is 1. The zero-order chi connectivity index (χ0) is 13.7. The second-order valence-electron chi connectivity index (χ2n) is 4.32. The summed E-state index contributed by atoms with van der Waals surface area (Å²) in [4.78, 5) is 23.7. The minimum atomic E-state index is -0.206. The van der Waals surface area contributed by atoms with Crippen molar-refractivity contribution >= 4 is 11.6 Å². The second-order valence-corrected chi connectivity index (χ2v) is 4.32. The van der Waals surface area contributed by atoms with Gasteiger partial charge in [-0.05, 0) is 18.6 Å². The Balaban J connectivity index is 2.01. The summed E-state index contributed by atoms with van der Waals surface area (Å²) in [5.41, 5.74) is 0.582. The fourth-order valence-corrected chi connectivity index (χ4v) is 1.86. The van der Waals surface area contributed by atoms with E-state index in [1.807, 2.05) is 37.3 Å². The predicted molar refractivity (Wildman–Crippen MR) is 74.1 cm³/mol. The fourth-order valence-electron chi connectivity index (χ4n) is 1.86. The van der Waals surface area contributed by atoms with Gasteiger partial charge >= 0.3 is 5.69 Å². The summed E-state index contributed by atoms with van der Waals surface area (Å²) in [5, 5.41) is 2.75. The number of amides is 1. The van der Waals surface area contributed by atoms with Crippen molar-refractivity contribution in [2.45, 2.75) is 26.4 Å². The van der Waals surface area contributed by atoms with Crippen LogP contribution in [0.15, 0.2) is 47.5 Å². The first-order valence-electron chi connectivity index (χ1n) is 6.31. The van der Waals surface area contributed by atoms with Crippen molar-refractivity contribution in [1.82, 2.24) is 9.13 Å². The number of carbonyl (C=O) groups excluding carboxylic acids is 1.